The number of hydrogen-bond donors (Lipinski definition) is 1. The zero-order chi connectivity index (χ0) is 17.6. The lowest BCUT2D eigenvalue weighted by Crippen LogP contribution is -2.31. The van der Waals surface area contributed by atoms with Crippen LogP contribution in [-0.4, -0.2) is 28.6 Å². The number of ether oxygens (including phenoxy) is 1. The molecule has 0 unspecified atom stereocenters. The highest BCUT2D eigenvalue weighted by molar-refractivity contribution is 7.13. The maximum absolute atomic E-state index is 13.4. The fourth-order valence-corrected chi connectivity index (χ4v) is 2.55. The van der Waals surface area contributed by atoms with Gasteiger partial charge in [0.05, 0.1) is 10.4 Å². The molecule has 1 N–H and O–H groups in total. The minimum atomic E-state index is -0.708. The van der Waals surface area contributed by atoms with E-state index in [1.807, 2.05) is 17.5 Å². The van der Waals surface area contributed by atoms with E-state index in [1.54, 1.807) is 0 Å². The highest BCUT2D eigenvalue weighted by Gasteiger charge is 2.14. The number of nitrogens with one attached hydrogen (secondary N) is 1. The van der Waals surface area contributed by atoms with Crippen molar-refractivity contribution in [3.8, 4) is 10.7 Å². The number of carbonyl (C=O) groups is 2. The third-order valence-electron chi connectivity index (χ3n) is 3.08. The van der Waals surface area contributed by atoms with Crippen LogP contribution in [0.4, 0.5) is 4.39 Å². The smallest absolute Gasteiger partial charge is 0.325 e. The van der Waals surface area contributed by atoms with Gasteiger partial charge in [0.1, 0.15) is 12.4 Å². The molecule has 2 heterocycles. The van der Waals surface area contributed by atoms with E-state index in [1.165, 1.54) is 29.5 Å². The molecule has 0 bridgehead atoms. The fourth-order valence-electron chi connectivity index (χ4n) is 1.91. The van der Waals surface area contributed by atoms with Crippen LogP contribution in [0.25, 0.3) is 10.7 Å². The van der Waals surface area contributed by atoms with Crippen molar-refractivity contribution in [2.24, 2.45) is 0 Å². The standard InChI is InChI=1S/C16H12FN3O4S/c17-11-5-2-1-4-10(11)16(22)18-8-14(21)23-9-13-19-15(20-24-13)12-6-3-7-25-12/h1-7H,8-9H2,(H,18,22). The second-order valence-corrected chi connectivity index (χ2v) is 5.76. The molecule has 0 saturated carbocycles. The number of amides is 1. The number of nitrogens with zero attached hydrogens (tertiary/aromatic N) is 2. The molecule has 25 heavy (non-hydrogen) atoms. The quantitative estimate of drug-likeness (QED) is 0.678. The van der Waals surface area contributed by atoms with E-state index in [2.05, 4.69) is 15.5 Å². The predicted octanol–water partition coefficient (Wildman–Crippen LogP) is 2.41. The van der Waals surface area contributed by atoms with Crippen LogP contribution < -0.4 is 5.32 Å². The Morgan fingerprint density at radius 2 is 2.08 bits per heavy atom. The molecule has 0 aliphatic heterocycles. The number of carbonyl (C=O) groups excluding carboxylic acids is 2. The van der Waals surface area contributed by atoms with Crippen molar-refractivity contribution in [3.63, 3.8) is 0 Å². The lowest BCUT2D eigenvalue weighted by molar-refractivity contribution is -0.144. The first kappa shape index (κ1) is 16.8. The first-order chi connectivity index (χ1) is 12.1. The molecule has 128 valence electrons. The molecule has 1 amide bonds. The van der Waals surface area contributed by atoms with Crippen molar-refractivity contribution in [1.82, 2.24) is 15.5 Å². The van der Waals surface area contributed by atoms with Gasteiger partial charge in [-0.3, -0.25) is 9.59 Å². The van der Waals surface area contributed by atoms with E-state index >= 15 is 0 Å². The summed E-state index contributed by atoms with van der Waals surface area (Å²) in [5, 5.41) is 7.95. The zero-order valence-electron chi connectivity index (χ0n) is 12.8. The van der Waals surface area contributed by atoms with Crippen LogP contribution in [0.3, 0.4) is 0 Å². The lowest BCUT2D eigenvalue weighted by atomic mass is 10.2. The maximum Gasteiger partial charge on any atom is 0.325 e. The van der Waals surface area contributed by atoms with Crippen molar-refractivity contribution in [2.75, 3.05) is 6.54 Å². The predicted molar refractivity (Wildman–Crippen MR) is 86.1 cm³/mol. The summed E-state index contributed by atoms with van der Waals surface area (Å²) in [5.74, 6) is -1.53. The number of esters is 1. The van der Waals surface area contributed by atoms with Crippen molar-refractivity contribution in [2.45, 2.75) is 6.61 Å². The Labute approximate surface area is 145 Å². The van der Waals surface area contributed by atoms with Gasteiger partial charge in [-0.25, -0.2) is 4.39 Å². The number of benzene rings is 1. The van der Waals surface area contributed by atoms with E-state index < -0.39 is 24.2 Å². The van der Waals surface area contributed by atoms with E-state index in [4.69, 9.17) is 9.26 Å². The second kappa shape index (κ2) is 7.67. The number of thiophene rings is 1. The van der Waals surface area contributed by atoms with Gasteiger partial charge in [0.2, 0.25) is 5.82 Å². The molecule has 9 heteroatoms. The average molecular weight is 361 g/mol. The summed E-state index contributed by atoms with van der Waals surface area (Å²) in [6, 6.07) is 9.17. The highest BCUT2D eigenvalue weighted by Crippen LogP contribution is 2.21. The Hall–Kier alpha value is -3.07. The molecular formula is C16H12FN3O4S. The van der Waals surface area contributed by atoms with Crippen molar-refractivity contribution >= 4 is 23.2 Å². The third kappa shape index (κ3) is 4.27. The molecule has 1 aromatic carbocycles. The van der Waals surface area contributed by atoms with Crippen molar-refractivity contribution in [3.05, 3.63) is 59.0 Å². The molecule has 2 aromatic heterocycles. The van der Waals surface area contributed by atoms with Gasteiger partial charge in [-0.15, -0.1) is 11.3 Å². The molecule has 0 radical (unpaired) electrons. The number of aromatic nitrogens is 2. The van der Waals surface area contributed by atoms with Gasteiger partial charge in [-0.2, -0.15) is 4.98 Å². The highest BCUT2D eigenvalue weighted by atomic mass is 32.1. The Kier molecular flexibility index (Phi) is 5.14. The summed E-state index contributed by atoms with van der Waals surface area (Å²) in [5.41, 5.74) is -0.146. The van der Waals surface area contributed by atoms with Crippen LogP contribution in [0, 0.1) is 5.82 Å². The van der Waals surface area contributed by atoms with Gasteiger partial charge in [0, 0.05) is 0 Å². The van der Waals surface area contributed by atoms with E-state index in [-0.39, 0.29) is 18.1 Å². The van der Waals surface area contributed by atoms with Crippen LogP contribution in [0.15, 0.2) is 46.3 Å². The van der Waals surface area contributed by atoms with Crippen LogP contribution in [0.5, 0.6) is 0 Å². The molecule has 0 spiro atoms. The zero-order valence-corrected chi connectivity index (χ0v) is 13.6. The Morgan fingerprint density at radius 1 is 1.24 bits per heavy atom. The summed E-state index contributed by atoms with van der Waals surface area (Å²) in [6.45, 7) is -0.619. The van der Waals surface area contributed by atoms with Gasteiger partial charge < -0.3 is 14.6 Å². The molecule has 0 atom stereocenters. The van der Waals surface area contributed by atoms with Gasteiger partial charge in [-0.05, 0) is 23.6 Å². The second-order valence-electron chi connectivity index (χ2n) is 4.81. The van der Waals surface area contributed by atoms with Crippen LogP contribution in [0.2, 0.25) is 0 Å². The van der Waals surface area contributed by atoms with Crippen LogP contribution >= 0.6 is 11.3 Å². The molecule has 3 aromatic rings. The van der Waals surface area contributed by atoms with Crippen LogP contribution in [-0.2, 0) is 16.1 Å². The van der Waals surface area contributed by atoms with Gasteiger partial charge in [0.25, 0.3) is 11.8 Å². The van der Waals surface area contributed by atoms with E-state index in [0.717, 1.165) is 10.9 Å². The Morgan fingerprint density at radius 3 is 2.84 bits per heavy atom. The van der Waals surface area contributed by atoms with Crippen molar-refractivity contribution < 1.29 is 23.2 Å². The van der Waals surface area contributed by atoms with Gasteiger partial charge >= 0.3 is 5.97 Å². The molecule has 0 fully saturated rings. The Bertz CT molecular complexity index is 879. The van der Waals surface area contributed by atoms with Crippen molar-refractivity contribution in [1.29, 1.82) is 0 Å². The fraction of sp³-hybridized carbons (Fsp3) is 0.125. The summed E-state index contributed by atoms with van der Waals surface area (Å²) < 4.78 is 23.4. The summed E-state index contributed by atoms with van der Waals surface area (Å²) >= 11 is 1.45. The average Bonchev–Trinajstić information content (AvgIpc) is 3.29. The van der Waals surface area contributed by atoms with Crippen LogP contribution in [0.1, 0.15) is 16.2 Å². The normalized spacial score (nSPS) is 10.4. The molecule has 0 saturated heterocycles. The monoisotopic (exact) mass is 361 g/mol. The first-order valence-electron chi connectivity index (χ1n) is 7.18. The minimum Gasteiger partial charge on any atom is -0.454 e. The lowest BCUT2D eigenvalue weighted by Gasteiger charge is -2.05. The Balaban J connectivity index is 1.47. The largest absolute Gasteiger partial charge is 0.454 e. The summed E-state index contributed by atoms with van der Waals surface area (Å²) in [4.78, 5) is 28.4. The summed E-state index contributed by atoms with van der Waals surface area (Å²) in [6.07, 6.45) is 0. The van der Waals surface area contributed by atoms with E-state index in [9.17, 15) is 14.0 Å². The SMILES string of the molecule is O=C(CNC(=O)c1ccccc1F)OCc1nc(-c2cccs2)no1. The first-order valence-corrected chi connectivity index (χ1v) is 8.06. The third-order valence-corrected chi connectivity index (χ3v) is 3.94. The summed E-state index contributed by atoms with van der Waals surface area (Å²) in [7, 11) is 0. The number of halogens is 1. The maximum atomic E-state index is 13.4. The number of hydrogen-bond acceptors (Lipinski definition) is 7. The molecule has 7 nitrogen and oxygen atoms in total. The van der Waals surface area contributed by atoms with E-state index in [0.29, 0.717) is 5.82 Å². The molecular weight excluding hydrogens is 349 g/mol. The minimum absolute atomic E-state index is 0.136. The molecule has 3 rings (SSSR count). The molecule has 0 aliphatic carbocycles. The molecule has 0 aliphatic rings. The number of rotatable bonds is 6. The van der Waals surface area contributed by atoms with Gasteiger partial charge in [-0.1, -0.05) is 23.4 Å². The van der Waals surface area contributed by atoms with Gasteiger partial charge in [0.15, 0.2) is 6.61 Å². The topological polar surface area (TPSA) is 94.3 Å².